The van der Waals surface area contributed by atoms with Gasteiger partial charge in [-0.2, -0.15) is 0 Å². The standard InChI is InChI=1S/C15H12N2O/c1-11(18)14-8-6-12(10-15(14)16)5-7-13-4-2-3-9-17-13/h2-4,6,8-10H,16H2,1H3. The molecule has 1 aromatic heterocycles. The molecule has 0 fully saturated rings. The molecule has 1 heterocycles. The van der Waals surface area contributed by atoms with Gasteiger partial charge in [-0.25, -0.2) is 4.98 Å². The fourth-order valence-electron chi connectivity index (χ4n) is 1.53. The zero-order valence-electron chi connectivity index (χ0n) is 9.97. The Morgan fingerprint density at radius 1 is 1.22 bits per heavy atom. The fourth-order valence-corrected chi connectivity index (χ4v) is 1.53. The van der Waals surface area contributed by atoms with E-state index in [1.165, 1.54) is 6.92 Å². The molecule has 0 aliphatic rings. The average Bonchev–Trinajstić information content (AvgIpc) is 2.37. The quantitative estimate of drug-likeness (QED) is 0.469. The molecule has 1 aromatic carbocycles. The summed E-state index contributed by atoms with van der Waals surface area (Å²) in [5, 5.41) is 0. The van der Waals surface area contributed by atoms with E-state index in [9.17, 15) is 4.79 Å². The number of hydrogen-bond acceptors (Lipinski definition) is 3. The van der Waals surface area contributed by atoms with Gasteiger partial charge >= 0.3 is 0 Å². The van der Waals surface area contributed by atoms with Crippen molar-refractivity contribution >= 4 is 11.5 Å². The second kappa shape index (κ2) is 5.15. The van der Waals surface area contributed by atoms with E-state index in [-0.39, 0.29) is 5.78 Å². The number of ketones is 1. The smallest absolute Gasteiger partial charge is 0.161 e. The Labute approximate surface area is 106 Å². The van der Waals surface area contributed by atoms with Crippen LogP contribution in [0, 0.1) is 11.8 Å². The lowest BCUT2D eigenvalue weighted by molar-refractivity contribution is 0.101. The van der Waals surface area contributed by atoms with Gasteiger partial charge in [0.15, 0.2) is 5.78 Å². The first-order valence-corrected chi connectivity index (χ1v) is 5.50. The molecule has 0 spiro atoms. The zero-order valence-corrected chi connectivity index (χ0v) is 9.97. The van der Waals surface area contributed by atoms with E-state index in [0.29, 0.717) is 16.9 Å². The predicted octanol–water partition coefficient (Wildman–Crippen LogP) is 2.27. The van der Waals surface area contributed by atoms with E-state index in [2.05, 4.69) is 16.8 Å². The molecule has 0 radical (unpaired) electrons. The number of nitrogen functional groups attached to an aromatic ring is 1. The van der Waals surface area contributed by atoms with Crippen molar-refractivity contribution in [2.75, 3.05) is 5.73 Å². The lowest BCUT2D eigenvalue weighted by Crippen LogP contribution is -1.99. The number of carbonyl (C=O) groups excluding carboxylic acids is 1. The summed E-state index contributed by atoms with van der Waals surface area (Å²) < 4.78 is 0. The number of Topliss-reactive ketones (excluding diaryl/α,β-unsaturated/α-hetero) is 1. The molecule has 3 heteroatoms. The largest absolute Gasteiger partial charge is 0.398 e. The number of nitrogens with zero attached hydrogens (tertiary/aromatic N) is 1. The average molecular weight is 236 g/mol. The van der Waals surface area contributed by atoms with Crippen LogP contribution in [0.25, 0.3) is 0 Å². The van der Waals surface area contributed by atoms with Crippen molar-refractivity contribution in [1.29, 1.82) is 0 Å². The Morgan fingerprint density at radius 2 is 2.06 bits per heavy atom. The minimum Gasteiger partial charge on any atom is -0.398 e. The van der Waals surface area contributed by atoms with Gasteiger partial charge in [-0.05, 0) is 43.2 Å². The summed E-state index contributed by atoms with van der Waals surface area (Å²) in [6.07, 6.45) is 1.69. The summed E-state index contributed by atoms with van der Waals surface area (Å²) in [6, 6.07) is 10.7. The summed E-state index contributed by atoms with van der Waals surface area (Å²) in [6.45, 7) is 1.49. The summed E-state index contributed by atoms with van der Waals surface area (Å²) in [5.41, 5.74) is 8.23. The summed E-state index contributed by atoms with van der Waals surface area (Å²) >= 11 is 0. The first-order valence-electron chi connectivity index (χ1n) is 5.50. The molecule has 18 heavy (non-hydrogen) atoms. The van der Waals surface area contributed by atoms with Gasteiger partial charge in [-0.1, -0.05) is 12.0 Å². The first kappa shape index (κ1) is 11.9. The van der Waals surface area contributed by atoms with Gasteiger partial charge in [-0.15, -0.1) is 0 Å². The monoisotopic (exact) mass is 236 g/mol. The molecule has 0 aliphatic carbocycles. The van der Waals surface area contributed by atoms with Crippen LogP contribution in [0.3, 0.4) is 0 Å². The van der Waals surface area contributed by atoms with Gasteiger partial charge < -0.3 is 5.73 Å². The molecule has 2 rings (SSSR count). The summed E-state index contributed by atoms with van der Waals surface area (Å²) in [7, 11) is 0. The number of rotatable bonds is 1. The van der Waals surface area contributed by atoms with Crippen molar-refractivity contribution < 1.29 is 4.79 Å². The Morgan fingerprint density at radius 3 is 2.67 bits per heavy atom. The molecule has 0 unspecified atom stereocenters. The molecule has 2 N–H and O–H groups in total. The molecule has 0 atom stereocenters. The number of aromatic nitrogens is 1. The van der Waals surface area contributed by atoms with E-state index in [4.69, 9.17) is 5.73 Å². The van der Waals surface area contributed by atoms with Crippen LogP contribution >= 0.6 is 0 Å². The third-order valence-electron chi connectivity index (χ3n) is 2.43. The fraction of sp³-hybridized carbons (Fsp3) is 0.0667. The maximum Gasteiger partial charge on any atom is 0.161 e. The van der Waals surface area contributed by atoms with Crippen LogP contribution in [0.2, 0.25) is 0 Å². The van der Waals surface area contributed by atoms with E-state index < -0.39 is 0 Å². The highest BCUT2D eigenvalue weighted by molar-refractivity contribution is 5.99. The van der Waals surface area contributed by atoms with Crippen LogP contribution in [0.15, 0.2) is 42.6 Å². The van der Waals surface area contributed by atoms with Crippen molar-refractivity contribution in [2.45, 2.75) is 6.92 Å². The predicted molar refractivity (Wildman–Crippen MR) is 71.1 cm³/mol. The van der Waals surface area contributed by atoms with E-state index in [1.807, 2.05) is 18.2 Å². The van der Waals surface area contributed by atoms with E-state index >= 15 is 0 Å². The number of benzene rings is 1. The van der Waals surface area contributed by atoms with Gasteiger partial charge in [0.2, 0.25) is 0 Å². The van der Waals surface area contributed by atoms with Gasteiger partial charge in [0.1, 0.15) is 5.69 Å². The van der Waals surface area contributed by atoms with Crippen molar-refractivity contribution in [3.63, 3.8) is 0 Å². The number of anilines is 1. The maximum absolute atomic E-state index is 11.2. The minimum atomic E-state index is -0.0447. The molecule has 0 bridgehead atoms. The molecule has 2 aromatic rings. The van der Waals surface area contributed by atoms with Crippen LogP contribution < -0.4 is 5.73 Å². The Kier molecular flexibility index (Phi) is 3.40. The van der Waals surface area contributed by atoms with Crippen molar-refractivity contribution in [2.24, 2.45) is 0 Å². The molecule has 0 saturated heterocycles. The summed E-state index contributed by atoms with van der Waals surface area (Å²) in [4.78, 5) is 15.3. The Bertz CT molecular complexity index is 637. The summed E-state index contributed by atoms with van der Waals surface area (Å²) in [5.74, 6) is 5.85. The van der Waals surface area contributed by atoms with Gasteiger partial charge in [0.25, 0.3) is 0 Å². The molecule has 0 saturated carbocycles. The minimum absolute atomic E-state index is 0.0447. The normalized spacial score (nSPS) is 9.39. The van der Waals surface area contributed by atoms with Crippen LogP contribution in [0.4, 0.5) is 5.69 Å². The highest BCUT2D eigenvalue weighted by Gasteiger charge is 2.03. The van der Waals surface area contributed by atoms with E-state index in [1.54, 1.807) is 24.4 Å². The van der Waals surface area contributed by atoms with Crippen LogP contribution in [-0.4, -0.2) is 10.8 Å². The van der Waals surface area contributed by atoms with Gasteiger partial charge in [-0.3, -0.25) is 4.79 Å². The molecular formula is C15H12N2O. The van der Waals surface area contributed by atoms with Crippen LogP contribution in [-0.2, 0) is 0 Å². The molecule has 0 amide bonds. The van der Waals surface area contributed by atoms with Gasteiger partial charge in [0, 0.05) is 23.0 Å². The second-order valence-electron chi connectivity index (χ2n) is 3.82. The van der Waals surface area contributed by atoms with Crippen molar-refractivity contribution in [3.05, 3.63) is 59.4 Å². The third kappa shape index (κ3) is 2.74. The molecule has 3 nitrogen and oxygen atoms in total. The first-order chi connectivity index (χ1) is 8.66. The topological polar surface area (TPSA) is 56.0 Å². The molecule has 0 aliphatic heterocycles. The van der Waals surface area contributed by atoms with Crippen LogP contribution in [0.1, 0.15) is 28.5 Å². The number of carbonyl (C=O) groups is 1. The van der Waals surface area contributed by atoms with Crippen molar-refractivity contribution in [1.82, 2.24) is 4.98 Å². The second-order valence-corrected chi connectivity index (χ2v) is 3.82. The maximum atomic E-state index is 11.2. The SMILES string of the molecule is CC(=O)c1ccc(C#Cc2ccccn2)cc1N. The number of hydrogen-bond donors (Lipinski definition) is 1. The van der Waals surface area contributed by atoms with Gasteiger partial charge in [0.05, 0.1) is 0 Å². The zero-order chi connectivity index (χ0) is 13.0. The van der Waals surface area contributed by atoms with Crippen molar-refractivity contribution in [3.8, 4) is 11.8 Å². The number of nitrogens with two attached hydrogens (primary N) is 1. The molecule has 88 valence electrons. The number of pyridine rings is 1. The van der Waals surface area contributed by atoms with Crippen LogP contribution in [0.5, 0.6) is 0 Å². The Hall–Kier alpha value is -2.60. The lowest BCUT2D eigenvalue weighted by atomic mass is 10.1. The lowest BCUT2D eigenvalue weighted by Gasteiger charge is -2.01. The highest BCUT2D eigenvalue weighted by Crippen LogP contribution is 2.14. The van der Waals surface area contributed by atoms with E-state index in [0.717, 1.165) is 5.56 Å². The Balaban J connectivity index is 2.29. The highest BCUT2D eigenvalue weighted by atomic mass is 16.1. The molecular weight excluding hydrogens is 224 g/mol. The third-order valence-corrected chi connectivity index (χ3v) is 2.43.